The van der Waals surface area contributed by atoms with E-state index in [1.165, 1.54) is 0 Å². The molecule has 134 valence electrons. The van der Waals surface area contributed by atoms with Crippen LogP contribution >= 0.6 is 0 Å². The Hall–Kier alpha value is -3.26. The summed E-state index contributed by atoms with van der Waals surface area (Å²) >= 11 is 0. The number of rotatable bonds is 5. The van der Waals surface area contributed by atoms with Crippen molar-refractivity contribution in [1.29, 1.82) is 0 Å². The lowest BCUT2D eigenvalue weighted by atomic mass is 10.1. The highest BCUT2D eigenvalue weighted by Crippen LogP contribution is 2.15. The zero-order valence-electron chi connectivity index (χ0n) is 14.5. The van der Waals surface area contributed by atoms with Crippen molar-refractivity contribution in [2.45, 2.75) is 19.9 Å². The second-order valence-electron chi connectivity index (χ2n) is 5.95. The molecule has 0 aromatic carbocycles. The van der Waals surface area contributed by atoms with Crippen molar-refractivity contribution >= 4 is 11.9 Å². The molecule has 0 saturated carbocycles. The standard InChI is InChI=1S/C18H20N6O2/c1-11-8-20-18(19)23-16(11)24-7-6-13(9-24)17(26)22-15(10-25)14-5-3-4-12(2)21-14/h3-9,15,25H,10H2,1-2H3,(H,22,26)(H2,19,20,23)/t15-/m1/s1. The van der Waals surface area contributed by atoms with Crippen molar-refractivity contribution in [3.05, 3.63) is 65.4 Å². The molecule has 0 saturated heterocycles. The molecule has 0 unspecified atom stereocenters. The number of nitrogens with one attached hydrogen (secondary N) is 1. The van der Waals surface area contributed by atoms with Gasteiger partial charge in [0.1, 0.15) is 5.82 Å². The number of anilines is 1. The first-order valence-corrected chi connectivity index (χ1v) is 8.10. The summed E-state index contributed by atoms with van der Waals surface area (Å²) in [5, 5.41) is 12.4. The maximum Gasteiger partial charge on any atom is 0.253 e. The molecule has 3 aromatic rings. The summed E-state index contributed by atoms with van der Waals surface area (Å²) in [7, 11) is 0. The minimum Gasteiger partial charge on any atom is -0.394 e. The van der Waals surface area contributed by atoms with Gasteiger partial charge < -0.3 is 20.7 Å². The predicted molar refractivity (Wildman–Crippen MR) is 96.8 cm³/mol. The Kier molecular flexibility index (Phi) is 4.94. The summed E-state index contributed by atoms with van der Waals surface area (Å²) in [5.74, 6) is 0.456. The third-order valence-corrected chi connectivity index (χ3v) is 3.92. The number of pyridine rings is 1. The maximum absolute atomic E-state index is 12.5. The van der Waals surface area contributed by atoms with Gasteiger partial charge in [-0.1, -0.05) is 6.07 Å². The number of aliphatic hydroxyl groups excluding tert-OH is 1. The topological polar surface area (TPSA) is 119 Å². The Labute approximate surface area is 150 Å². The lowest BCUT2D eigenvalue weighted by Crippen LogP contribution is -2.31. The van der Waals surface area contributed by atoms with Crippen LogP contribution in [0.25, 0.3) is 5.82 Å². The lowest BCUT2D eigenvalue weighted by Gasteiger charge is -2.15. The highest BCUT2D eigenvalue weighted by atomic mass is 16.3. The SMILES string of the molecule is Cc1cccc([C@@H](CO)NC(=O)c2ccn(-c3nc(N)ncc3C)c2)n1. The normalized spacial score (nSPS) is 12.0. The Morgan fingerprint density at radius 1 is 1.31 bits per heavy atom. The fourth-order valence-corrected chi connectivity index (χ4v) is 2.58. The number of hydrogen-bond acceptors (Lipinski definition) is 6. The number of carbonyl (C=O) groups excluding carboxylic acids is 1. The van der Waals surface area contributed by atoms with Crippen LogP contribution in [-0.4, -0.2) is 37.1 Å². The molecule has 8 nitrogen and oxygen atoms in total. The number of aliphatic hydroxyl groups is 1. The molecule has 0 spiro atoms. The van der Waals surface area contributed by atoms with Crippen LogP contribution < -0.4 is 11.1 Å². The van der Waals surface area contributed by atoms with Crippen molar-refractivity contribution in [1.82, 2.24) is 24.8 Å². The molecular weight excluding hydrogens is 332 g/mol. The Morgan fingerprint density at radius 2 is 2.12 bits per heavy atom. The highest BCUT2D eigenvalue weighted by Gasteiger charge is 2.17. The first kappa shape index (κ1) is 17.6. The van der Waals surface area contributed by atoms with Crippen molar-refractivity contribution in [2.24, 2.45) is 0 Å². The van der Waals surface area contributed by atoms with Gasteiger partial charge in [-0.05, 0) is 32.0 Å². The zero-order chi connectivity index (χ0) is 18.7. The first-order valence-electron chi connectivity index (χ1n) is 8.10. The second-order valence-corrected chi connectivity index (χ2v) is 5.95. The summed E-state index contributed by atoms with van der Waals surface area (Å²) < 4.78 is 1.71. The predicted octanol–water partition coefficient (Wildman–Crippen LogP) is 1.32. The second kappa shape index (κ2) is 7.32. The monoisotopic (exact) mass is 352 g/mol. The van der Waals surface area contributed by atoms with E-state index in [0.717, 1.165) is 11.3 Å². The fourth-order valence-electron chi connectivity index (χ4n) is 2.58. The van der Waals surface area contributed by atoms with E-state index in [9.17, 15) is 9.90 Å². The summed E-state index contributed by atoms with van der Waals surface area (Å²) in [6, 6.07) is 6.56. The average molecular weight is 352 g/mol. The number of carbonyl (C=O) groups is 1. The van der Waals surface area contributed by atoms with Crippen molar-refractivity contribution < 1.29 is 9.90 Å². The minimum absolute atomic E-state index is 0.163. The van der Waals surface area contributed by atoms with E-state index in [1.807, 2.05) is 26.0 Å². The molecule has 3 rings (SSSR count). The number of aromatic nitrogens is 4. The largest absolute Gasteiger partial charge is 0.394 e. The molecule has 0 fully saturated rings. The van der Waals surface area contributed by atoms with Gasteiger partial charge in [-0.3, -0.25) is 9.78 Å². The quantitative estimate of drug-likeness (QED) is 0.637. The minimum atomic E-state index is -0.581. The van der Waals surface area contributed by atoms with Gasteiger partial charge in [0.2, 0.25) is 5.95 Å². The molecule has 26 heavy (non-hydrogen) atoms. The lowest BCUT2D eigenvalue weighted by molar-refractivity contribution is 0.0914. The molecule has 0 radical (unpaired) electrons. The van der Waals surface area contributed by atoms with Crippen LogP contribution in [0.3, 0.4) is 0 Å². The Balaban J connectivity index is 1.80. The molecule has 1 amide bonds. The van der Waals surface area contributed by atoms with Crippen molar-refractivity contribution in [2.75, 3.05) is 12.3 Å². The Bertz CT molecular complexity index is 937. The summed E-state index contributed by atoms with van der Waals surface area (Å²) in [6.07, 6.45) is 5.01. The van der Waals surface area contributed by atoms with Crippen LogP contribution in [0.1, 0.15) is 33.4 Å². The van der Waals surface area contributed by atoms with Crippen LogP contribution in [0.5, 0.6) is 0 Å². The average Bonchev–Trinajstić information content (AvgIpc) is 3.11. The summed E-state index contributed by atoms with van der Waals surface area (Å²) in [4.78, 5) is 25.0. The van der Waals surface area contributed by atoms with Crippen LogP contribution in [0.2, 0.25) is 0 Å². The van der Waals surface area contributed by atoms with Crippen LogP contribution in [0, 0.1) is 13.8 Å². The molecule has 0 aliphatic heterocycles. The molecule has 1 atom stereocenters. The van der Waals surface area contributed by atoms with Gasteiger partial charge in [-0.2, -0.15) is 4.98 Å². The van der Waals surface area contributed by atoms with Gasteiger partial charge in [-0.25, -0.2) is 4.98 Å². The molecule has 3 aromatic heterocycles. The van der Waals surface area contributed by atoms with E-state index in [2.05, 4.69) is 20.3 Å². The van der Waals surface area contributed by atoms with Crippen molar-refractivity contribution in [3.63, 3.8) is 0 Å². The van der Waals surface area contributed by atoms with Crippen molar-refractivity contribution in [3.8, 4) is 5.82 Å². The van der Waals surface area contributed by atoms with Gasteiger partial charge in [0, 0.05) is 29.8 Å². The van der Waals surface area contributed by atoms with Gasteiger partial charge in [0.25, 0.3) is 5.91 Å². The van der Waals surface area contributed by atoms with Gasteiger partial charge >= 0.3 is 0 Å². The number of aryl methyl sites for hydroxylation is 2. The first-order chi connectivity index (χ1) is 12.5. The third kappa shape index (κ3) is 3.70. The number of nitrogens with zero attached hydrogens (tertiary/aromatic N) is 4. The summed E-state index contributed by atoms with van der Waals surface area (Å²) in [5.41, 5.74) is 8.34. The third-order valence-electron chi connectivity index (χ3n) is 3.92. The molecule has 0 aliphatic carbocycles. The number of hydrogen-bond donors (Lipinski definition) is 3. The van der Waals surface area contributed by atoms with Gasteiger partial charge in [0.05, 0.1) is 23.9 Å². The molecular formula is C18H20N6O2. The molecule has 8 heteroatoms. The van der Waals surface area contributed by atoms with Crippen LogP contribution in [0.15, 0.2) is 42.9 Å². The number of nitrogens with two attached hydrogens (primary N) is 1. The summed E-state index contributed by atoms with van der Waals surface area (Å²) in [6.45, 7) is 3.47. The highest BCUT2D eigenvalue weighted by molar-refractivity contribution is 5.94. The van der Waals surface area contributed by atoms with E-state index < -0.39 is 6.04 Å². The van der Waals surface area contributed by atoms with E-state index >= 15 is 0 Å². The van der Waals surface area contributed by atoms with Crippen LogP contribution in [0.4, 0.5) is 5.95 Å². The molecule has 3 heterocycles. The Morgan fingerprint density at radius 3 is 2.85 bits per heavy atom. The van der Waals surface area contributed by atoms with E-state index in [-0.39, 0.29) is 18.5 Å². The van der Waals surface area contributed by atoms with Crippen LogP contribution in [-0.2, 0) is 0 Å². The zero-order valence-corrected chi connectivity index (χ0v) is 14.5. The van der Waals surface area contributed by atoms with Gasteiger partial charge in [0.15, 0.2) is 0 Å². The molecule has 4 N–H and O–H groups in total. The van der Waals surface area contributed by atoms with Gasteiger partial charge in [-0.15, -0.1) is 0 Å². The smallest absolute Gasteiger partial charge is 0.253 e. The van der Waals surface area contributed by atoms with E-state index in [0.29, 0.717) is 17.1 Å². The number of nitrogen functional groups attached to an aromatic ring is 1. The fraction of sp³-hybridized carbons (Fsp3) is 0.222. The molecule has 0 aliphatic rings. The molecule has 0 bridgehead atoms. The maximum atomic E-state index is 12.5. The number of amides is 1. The van der Waals surface area contributed by atoms with E-state index in [4.69, 9.17) is 5.73 Å². The van der Waals surface area contributed by atoms with E-state index in [1.54, 1.807) is 35.3 Å².